The van der Waals surface area contributed by atoms with E-state index in [1.165, 1.54) is 0 Å². The fraction of sp³-hybridized carbons (Fsp3) is 1.00. The molecular weight excluding hydrogens is 167 g/mol. The van der Waals surface area contributed by atoms with Gasteiger partial charge in [-0.1, -0.05) is 0 Å². The highest BCUT2D eigenvalue weighted by Crippen LogP contribution is 2.07. The van der Waals surface area contributed by atoms with Crippen molar-refractivity contribution >= 4 is 0 Å². The van der Waals surface area contributed by atoms with Crippen LogP contribution in [0.4, 0.5) is 4.53 Å². The van der Waals surface area contributed by atoms with Gasteiger partial charge in [0.15, 0.2) is 0 Å². The van der Waals surface area contributed by atoms with Crippen LogP contribution in [-0.4, -0.2) is 45.7 Å². The molecule has 1 aliphatic rings. The number of halogens is 1. The maximum absolute atomic E-state index is 11.4. The van der Waals surface area contributed by atoms with E-state index in [4.69, 9.17) is 14.2 Å². The van der Waals surface area contributed by atoms with E-state index in [-0.39, 0.29) is 18.8 Å². The molecule has 1 rings (SSSR count). The number of ether oxygens (including phenoxy) is 3. The average molecular weight is 180 g/mol. The Balaban J connectivity index is 2.11. The number of rotatable bonds is 4. The molecule has 1 aliphatic heterocycles. The largest absolute Gasteiger partial charge is 0.382 e. The molecule has 1 fully saturated rings. The second-order valence-corrected chi connectivity index (χ2v) is 2.64. The van der Waals surface area contributed by atoms with Gasteiger partial charge < -0.3 is 14.2 Å². The second-order valence-electron chi connectivity index (χ2n) is 2.64. The first-order valence-electron chi connectivity index (χ1n) is 3.82. The van der Waals surface area contributed by atoms with Crippen LogP contribution in [0.1, 0.15) is 0 Å². The van der Waals surface area contributed by atoms with Crippen molar-refractivity contribution in [1.29, 1.82) is 0 Å². The monoisotopic (exact) mass is 180 g/mol. The van der Waals surface area contributed by atoms with E-state index in [9.17, 15) is 4.53 Å². The molecule has 0 radical (unpaired) electrons. The zero-order valence-electron chi connectivity index (χ0n) is 6.99. The number of hydrogen-bond donors (Lipinski definition) is 0. The summed E-state index contributed by atoms with van der Waals surface area (Å²) in [6.07, 6.45) is -0.325. The van der Waals surface area contributed by atoms with Gasteiger partial charge in [0.05, 0.1) is 19.8 Å². The minimum absolute atomic E-state index is 0.0362. The summed E-state index contributed by atoms with van der Waals surface area (Å²) in [5.41, 5.74) is 0. The van der Waals surface area contributed by atoms with Crippen molar-refractivity contribution in [1.82, 2.24) is 0 Å². The van der Waals surface area contributed by atoms with Crippen molar-refractivity contribution in [2.45, 2.75) is 12.2 Å². The maximum atomic E-state index is 11.4. The minimum Gasteiger partial charge on any atom is -0.382 e. The number of hydrogen-bond acceptors (Lipinski definition) is 4. The van der Waals surface area contributed by atoms with Crippen LogP contribution in [0.3, 0.4) is 0 Å². The Kier molecular flexibility index (Phi) is 4.45. The van der Waals surface area contributed by atoms with Crippen LogP contribution in [0, 0.1) is 0 Å². The van der Waals surface area contributed by atoms with Gasteiger partial charge in [0.2, 0.25) is 0 Å². The first-order chi connectivity index (χ1) is 5.86. The van der Waals surface area contributed by atoms with E-state index in [2.05, 4.69) is 4.94 Å². The van der Waals surface area contributed by atoms with Gasteiger partial charge in [-0.15, -0.1) is 0 Å². The quantitative estimate of drug-likeness (QED) is 0.624. The van der Waals surface area contributed by atoms with Gasteiger partial charge in [-0.2, -0.15) is 4.94 Å². The Morgan fingerprint density at radius 3 is 2.25 bits per heavy atom. The first kappa shape index (κ1) is 9.85. The molecule has 0 spiro atoms. The fourth-order valence-corrected chi connectivity index (χ4v) is 1.03. The van der Waals surface area contributed by atoms with Crippen LogP contribution in [0.25, 0.3) is 0 Å². The summed E-state index contributed by atoms with van der Waals surface area (Å²) in [6.45, 7) is 1.22. The summed E-state index contributed by atoms with van der Waals surface area (Å²) in [5, 5.41) is 0. The molecule has 0 aliphatic carbocycles. The van der Waals surface area contributed by atoms with Crippen molar-refractivity contribution < 1.29 is 23.7 Å². The summed E-state index contributed by atoms with van der Waals surface area (Å²) in [7, 11) is 1.60. The summed E-state index contributed by atoms with van der Waals surface area (Å²) < 4.78 is 26.7. The highest BCUT2D eigenvalue weighted by molar-refractivity contribution is 4.66. The van der Waals surface area contributed by atoms with Crippen LogP contribution in [0.2, 0.25) is 0 Å². The molecule has 0 amide bonds. The zero-order chi connectivity index (χ0) is 8.81. The Hall–Kier alpha value is -0.230. The zero-order valence-corrected chi connectivity index (χ0v) is 6.99. The van der Waals surface area contributed by atoms with Crippen LogP contribution >= 0.6 is 0 Å². The Morgan fingerprint density at radius 1 is 1.25 bits per heavy atom. The van der Waals surface area contributed by atoms with Gasteiger partial charge in [-0.3, -0.25) is 0 Å². The fourth-order valence-electron chi connectivity index (χ4n) is 1.03. The summed E-state index contributed by atoms with van der Waals surface area (Å²) in [6, 6.07) is 0. The molecule has 0 saturated carbocycles. The van der Waals surface area contributed by atoms with Crippen LogP contribution in [0.5, 0.6) is 0 Å². The van der Waals surface area contributed by atoms with Crippen LogP contribution < -0.4 is 0 Å². The lowest BCUT2D eigenvalue weighted by Gasteiger charge is -2.27. The first-order valence-corrected chi connectivity index (χ1v) is 3.82. The maximum Gasteiger partial charge on any atom is 0.116 e. The van der Waals surface area contributed by atoms with E-state index in [0.717, 1.165) is 0 Å². The molecule has 0 aromatic heterocycles. The lowest BCUT2D eigenvalue weighted by atomic mass is 10.3. The summed E-state index contributed by atoms with van der Waals surface area (Å²) >= 11 is 0. The third kappa shape index (κ3) is 3.02. The second kappa shape index (κ2) is 5.42. The van der Waals surface area contributed by atoms with Crippen LogP contribution in [-0.2, 0) is 19.2 Å². The Bertz CT molecular complexity index is 100.0. The van der Waals surface area contributed by atoms with Crippen molar-refractivity contribution in [3.63, 3.8) is 0 Å². The Morgan fingerprint density at radius 2 is 1.83 bits per heavy atom. The molecule has 0 N–H and O–H groups in total. The lowest BCUT2D eigenvalue weighted by molar-refractivity contribution is -0.210. The minimum atomic E-state index is -0.289. The topological polar surface area (TPSA) is 36.9 Å². The smallest absolute Gasteiger partial charge is 0.116 e. The molecule has 0 aromatic rings. The van der Waals surface area contributed by atoms with E-state index < -0.39 is 0 Å². The molecule has 12 heavy (non-hydrogen) atoms. The molecule has 4 nitrogen and oxygen atoms in total. The SMILES string of the molecule is COCC1COC(COF)CO1. The predicted molar refractivity (Wildman–Crippen MR) is 38.4 cm³/mol. The van der Waals surface area contributed by atoms with E-state index in [1.54, 1.807) is 7.11 Å². The van der Waals surface area contributed by atoms with Crippen molar-refractivity contribution in [2.75, 3.05) is 33.5 Å². The summed E-state index contributed by atoms with van der Waals surface area (Å²) in [4.78, 5) is 3.44. The molecule has 1 saturated heterocycles. The molecule has 1 heterocycles. The molecule has 5 heteroatoms. The van der Waals surface area contributed by atoms with Crippen LogP contribution in [0.15, 0.2) is 0 Å². The van der Waals surface area contributed by atoms with Gasteiger partial charge >= 0.3 is 0 Å². The Labute approximate surface area is 70.4 Å². The van der Waals surface area contributed by atoms with Gasteiger partial charge in [0.1, 0.15) is 18.8 Å². The third-order valence-corrected chi connectivity index (χ3v) is 1.64. The third-order valence-electron chi connectivity index (χ3n) is 1.64. The molecule has 0 bridgehead atoms. The normalized spacial score (nSPS) is 30.5. The summed E-state index contributed by atoms with van der Waals surface area (Å²) in [5.74, 6) is 0. The molecule has 0 aromatic carbocycles. The van der Waals surface area contributed by atoms with Crippen molar-refractivity contribution in [2.24, 2.45) is 0 Å². The molecule has 2 atom stereocenters. The highest BCUT2D eigenvalue weighted by atomic mass is 19.3. The van der Waals surface area contributed by atoms with Gasteiger partial charge in [-0.25, -0.2) is 0 Å². The van der Waals surface area contributed by atoms with Crippen molar-refractivity contribution in [3.8, 4) is 0 Å². The highest BCUT2D eigenvalue weighted by Gasteiger charge is 2.22. The predicted octanol–water partition coefficient (Wildman–Crippen LogP) is 0.318. The standard InChI is InChI=1S/C7H13FO4/c1-9-2-6-3-11-7(4-10-6)5-12-8/h6-7H,2-5H2,1H3. The molecule has 2 unspecified atom stereocenters. The van der Waals surface area contributed by atoms with Gasteiger partial charge in [-0.05, 0) is 4.53 Å². The van der Waals surface area contributed by atoms with E-state index >= 15 is 0 Å². The van der Waals surface area contributed by atoms with Gasteiger partial charge in [0, 0.05) is 7.11 Å². The van der Waals surface area contributed by atoms with E-state index in [1.807, 2.05) is 0 Å². The van der Waals surface area contributed by atoms with E-state index in [0.29, 0.717) is 19.8 Å². The van der Waals surface area contributed by atoms with Gasteiger partial charge in [0.25, 0.3) is 0 Å². The number of methoxy groups -OCH3 is 1. The average Bonchev–Trinajstić information content (AvgIpc) is 2.09. The molecular formula is C7H13FO4. The molecule has 72 valence electrons. The van der Waals surface area contributed by atoms with Crippen molar-refractivity contribution in [3.05, 3.63) is 0 Å². The lowest BCUT2D eigenvalue weighted by Crippen LogP contribution is -2.39.